The average molecular weight is 268 g/mol. The van der Waals surface area contributed by atoms with Crippen LogP contribution in [0.1, 0.15) is 38.2 Å². The second-order valence-electron chi connectivity index (χ2n) is 5.11. The van der Waals surface area contributed by atoms with Gasteiger partial charge in [-0.05, 0) is 37.6 Å². The monoisotopic (exact) mass is 267 g/mol. The summed E-state index contributed by atoms with van der Waals surface area (Å²) in [6.07, 6.45) is 5.02. The molecule has 1 saturated carbocycles. The number of halogens is 1. The first-order valence-electron chi connectivity index (χ1n) is 6.76. The van der Waals surface area contributed by atoms with Crippen molar-refractivity contribution in [2.45, 2.75) is 38.0 Å². The minimum absolute atomic E-state index is 0.201. The van der Waals surface area contributed by atoms with Crippen molar-refractivity contribution in [2.24, 2.45) is 0 Å². The highest BCUT2D eigenvalue weighted by Gasteiger charge is 2.37. The maximum absolute atomic E-state index is 6.17. The Bertz CT molecular complexity index is 399. The zero-order valence-electron chi connectivity index (χ0n) is 11.3. The maximum atomic E-state index is 6.17. The quantitative estimate of drug-likeness (QED) is 0.877. The van der Waals surface area contributed by atoms with Crippen LogP contribution < -0.4 is 10.1 Å². The van der Waals surface area contributed by atoms with Crippen molar-refractivity contribution in [1.29, 1.82) is 0 Å². The van der Waals surface area contributed by atoms with E-state index in [0.717, 1.165) is 23.9 Å². The fourth-order valence-corrected chi connectivity index (χ4v) is 3.22. The first-order chi connectivity index (χ1) is 8.72. The third kappa shape index (κ3) is 2.65. The van der Waals surface area contributed by atoms with Crippen molar-refractivity contribution in [3.8, 4) is 5.75 Å². The van der Waals surface area contributed by atoms with E-state index < -0.39 is 0 Å². The molecular weight excluding hydrogens is 246 g/mol. The van der Waals surface area contributed by atoms with Gasteiger partial charge >= 0.3 is 0 Å². The Morgan fingerprint density at radius 2 is 2.06 bits per heavy atom. The van der Waals surface area contributed by atoms with Gasteiger partial charge in [0, 0.05) is 22.5 Å². The SMILES string of the molecule is CCNCC1(c2cc(Cl)ccc2OC)CCCC1. The molecule has 0 aliphatic heterocycles. The fourth-order valence-electron chi connectivity index (χ4n) is 3.05. The smallest absolute Gasteiger partial charge is 0.122 e. The lowest BCUT2D eigenvalue weighted by atomic mass is 9.78. The van der Waals surface area contributed by atoms with Gasteiger partial charge in [-0.15, -0.1) is 0 Å². The van der Waals surface area contributed by atoms with E-state index in [1.165, 1.54) is 31.2 Å². The molecule has 0 aromatic heterocycles. The van der Waals surface area contributed by atoms with E-state index in [1.807, 2.05) is 12.1 Å². The summed E-state index contributed by atoms with van der Waals surface area (Å²) >= 11 is 6.17. The van der Waals surface area contributed by atoms with E-state index in [4.69, 9.17) is 16.3 Å². The van der Waals surface area contributed by atoms with Crippen LogP contribution in [0.15, 0.2) is 18.2 Å². The summed E-state index contributed by atoms with van der Waals surface area (Å²) in [5.41, 5.74) is 1.47. The molecule has 2 nitrogen and oxygen atoms in total. The van der Waals surface area contributed by atoms with Gasteiger partial charge in [-0.3, -0.25) is 0 Å². The topological polar surface area (TPSA) is 21.3 Å². The molecule has 0 unspecified atom stereocenters. The lowest BCUT2D eigenvalue weighted by Crippen LogP contribution is -2.36. The number of ether oxygens (including phenoxy) is 1. The molecule has 3 heteroatoms. The zero-order valence-corrected chi connectivity index (χ0v) is 12.0. The first kappa shape index (κ1) is 13.7. The molecule has 2 rings (SSSR count). The second kappa shape index (κ2) is 5.94. The van der Waals surface area contributed by atoms with Gasteiger partial charge in [0.25, 0.3) is 0 Å². The highest BCUT2D eigenvalue weighted by molar-refractivity contribution is 6.30. The molecule has 0 heterocycles. The van der Waals surface area contributed by atoms with E-state index in [0.29, 0.717) is 0 Å². The Hall–Kier alpha value is -0.730. The van der Waals surface area contributed by atoms with Crippen LogP contribution in [-0.2, 0) is 5.41 Å². The van der Waals surface area contributed by atoms with Gasteiger partial charge in [0.2, 0.25) is 0 Å². The number of nitrogens with one attached hydrogen (secondary N) is 1. The number of methoxy groups -OCH3 is 1. The van der Waals surface area contributed by atoms with Crippen molar-refractivity contribution < 1.29 is 4.74 Å². The number of hydrogen-bond acceptors (Lipinski definition) is 2. The maximum Gasteiger partial charge on any atom is 0.122 e. The standard InChI is InChI=1S/C15H22ClNO/c1-3-17-11-15(8-4-5-9-15)13-10-12(16)6-7-14(13)18-2/h6-7,10,17H,3-5,8-9,11H2,1-2H3. The molecule has 100 valence electrons. The van der Waals surface area contributed by atoms with Crippen molar-refractivity contribution in [3.63, 3.8) is 0 Å². The Morgan fingerprint density at radius 3 is 2.67 bits per heavy atom. The largest absolute Gasteiger partial charge is 0.496 e. The normalized spacial score (nSPS) is 17.9. The van der Waals surface area contributed by atoms with Crippen molar-refractivity contribution in [3.05, 3.63) is 28.8 Å². The summed E-state index contributed by atoms with van der Waals surface area (Å²) in [6, 6.07) is 5.98. The van der Waals surface area contributed by atoms with E-state index in [1.54, 1.807) is 7.11 Å². The molecule has 1 aromatic rings. The van der Waals surface area contributed by atoms with Crippen LogP contribution in [0.5, 0.6) is 5.75 Å². The van der Waals surface area contributed by atoms with Crippen LogP contribution in [0.3, 0.4) is 0 Å². The van der Waals surface area contributed by atoms with E-state index in [-0.39, 0.29) is 5.41 Å². The van der Waals surface area contributed by atoms with Crippen LogP contribution in [0.2, 0.25) is 5.02 Å². The molecule has 1 N–H and O–H groups in total. The lowest BCUT2D eigenvalue weighted by Gasteiger charge is -2.31. The predicted molar refractivity (Wildman–Crippen MR) is 76.7 cm³/mol. The van der Waals surface area contributed by atoms with Gasteiger partial charge in [0.05, 0.1) is 7.11 Å². The summed E-state index contributed by atoms with van der Waals surface area (Å²) in [5.74, 6) is 0.971. The first-order valence-corrected chi connectivity index (χ1v) is 7.14. The third-order valence-electron chi connectivity index (χ3n) is 4.01. The second-order valence-corrected chi connectivity index (χ2v) is 5.55. The molecule has 1 fully saturated rings. The summed E-state index contributed by atoms with van der Waals surface area (Å²) in [7, 11) is 1.74. The number of likely N-dealkylation sites (N-methyl/N-ethyl adjacent to an activating group) is 1. The Morgan fingerprint density at radius 1 is 1.33 bits per heavy atom. The highest BCUT2D eigenvalue weighted by atomic mass is 35.5. The van der Waals surface area contributed by atoms with Crippen LogP contribution >= 0.6 is 11.6 Å². The number of hydrogen-bond donors (Lipinski definition) is 1. The van der Waals surface area contributed by atoms with Crippen LogP contribution in [0, 0.1) is 0 Å². The number of benzene rings is 1. The fraction of sp³-hybridized carbons (Fsp3) is 0.600. The lowest BCUT2D eigenvalue weighted by molar-refractivity contribution is 0.363. The number of rotatable bonds is 5. The molecule has 0 saturated heterocycles. The van der Waals surface area contributed by atoms with Gasteiger partial charge in [-0.1, -0.05) is 31.4 Å². The Labute approximate surface area is 115 Å². The molecule has 0 radical (unpaired) electrons. The zero-order chi connectivity index (χ0) is 13.0. The third-order valence-corrected chi connectivity index (χ3v) is 4.24. The minimum Gasteiger partial charge on any atom is -0.496 e. The van der Waals surface area contributed by atoms with Gasteiger partial charge in [-0.25, -0.2) is 0 Å². The van der Waals surface area contributed by atoms with Gasteiger partial charge < -0.3 is 10.1 Å². The highest BCUT2D eigenvalue weighted by Crippen LogP contribution is 2.45. The van der Waals surface area contributed by atoms with Gasteiger partial charge in [0.15, 0.2) is 0 Å². The molecule has 18 heavy (non-hydrogen) atoms. The Balaban J connectivity index is 2.38. The van der Waals surface area contributed by atoms with E-state index >= 15 is 0 Å². The van der Waals surface area contributed by atoms with E-state index in [9.17, 15) is 0 Å². The van der Waals surface area contributed by atoms with Crippen molar-refractivity contribution in [2.75, 3.05) is 20.2 Å². The summed E-state index contributed by atoms with van der Waals surface area (Å²) in [5, 5.41) is 4.30. The Kier molecular flexibility index (Phi) is 4.52. The summed E-state index contributed by atoms with van der Waals surface area (Å²) in [4.78, 5) is 0. The van der Waals surface area contributed by atoms with Crippen LogP contribution in [-0.4, -0.2) is 20.2 Å². The summed E-state index contributed by atoms with van der Waals surface area (Å²) in [6.45, 7) is 4.17. The minimum atomic E-state index is 0.201. The van der Waals surface area contributed by atoms with Gasteiger partial charge in [0.1, 0.15) is 5.75 Å². The average Bonchev–Trinajstić information content (AvgIpc) is 2.86. The van der Waals surface area contributed by atoms with Gasteiger partial charge in [-0.2, -0.15) is 0 Å². The predicted octanol–water partition coefficient (Wildman–Crippen LogP) is 3.77. The molecule has 0 amide bonds. The van der Waals surface area contributed by atoms with Crippen molar-refractivity contribution in [1.82, 2.24) is 5.32 Å². The molecule has 1 aliphatic rings. The van der Waals surface area contributed by atoms with Crippen LogP contribution in [0.4, 0.5) is 0 Å². The molecule has 0 bridgehead atoms. The summed E-state index contributed by atoms with van der Waals surface area (Å²) < 4.78 is 5.53. The molecule has 0 atom stereocenters. The van der Waals surface area contributed by atoms with Crippen LogP contribution in [0.25, 0.3) is 0 Å². The molecule has 1 aromatic carbocycles. The molecule has 0 spiro atoms. The molecular formula is C15H22ClNO. The van der Waals surface area contributed by atoms with E-state index in [2.05, 4.69) is 18.3 Å². The molecule has 1 aliphatic carbocycles. The van der Waals surface area contributed by atoms with Crippen molar-refractivity contribution >= 4 is 11.6 Å².